The van der Waals surface area contributed by atoms with E-state index in [2.05, 4.69) is 15.2 Å². The minimum absolute atomic E-state index is 0.0372. The van der Waals surface area contributed by atoms with Gasteiger partial charge in [-0.25, -0.2) is 9.78 Å². The lowest BCUT2D eigenvalue weighted by Gasteiger charge is -2.34. The average Bonchev–Trinajstić information content (AvgIpc) is 3.36. The van der Waals surface area contributed by atoms with Crippen molar-refractivity contribution < 1.29 is 9.21 Å². The summed E-state index contributed by atoms with van der Waals surface area (Å²) in [6.07, 6.45) is 7.55. The molecule has 0 bridgehead atoms. The first-order valence-electron chi connectivity index (χ1n) is 9.05. The summed E-state index contributed by atoms with van der Waals surface area (Å²) in [5.41, 5.74) is 0. The minimum atomic E-state index is 0.0372. The summed E-state index contributed by atoms with van der Waals surface area (Å²) >= 11 is 0. The number of aromatic nitrogens is 1. The molecule has 0 radical (unpaired) electrons. The normalized spacial score (nSPS) is 18.2. The van der Waals surface area contributed by atoms with Gasteiger partial charge in [0, 0.05) is 31.4 Å². The summed E-state index contributed by atoms with van der Waals surface area (Å²) in [6, 6.07) is 10.4. The van der Waals surface area contributed by atoms with Crippen molar-refractivity contribution >= 4 is 11.8 Å². The number of nitrogens with one attached hydrogen (secondary N) is 1. The Hall–Kier alpha value is -2.50. The molecule has 3 heterocycles. The van der Waals surface area contributed by atoms with Crippen LogP contribution in [0.15, 0.2) is 47.2 Å². The smallest absolute Gasteiger partial charge is 0.318 e. The SMILES string of the molecule is O=C(NC1CCN(c2ccccn2)CC1)N(Cc1ccco1)C1CC1. The Morgan fingerprint density at radius 3 is 2.68 bits per heavy atom. The van der Waals surface area contributed by atoms with E-state index in [4.69, 9.17) is 4.42 Å². The number of pyridine rings is 1. The van der Waals surface area contributed by atoms with Gasteiger partial charge in [-0.2, -0.15) is 0 Å². The van der Waals surface area contributed by atoms with E-state index < -0.39 is 0 Å². The topological polar surface area (TPSA) is 61.6 Å². The number of nitrogens with zero attached hydrogens (tertiary/aromatic N) is 3. The van der Waals surface area contributed by atoms with E-state index in [0.717, 1.165) is 50.4 Å². The lowest BCUT2D eigenvalue weighted by atomic mass is 10.1. The van der Waals surface area contributed by atoms with E-state index in [0.29, 0.717) is 12.6 Å². The maximum Gasteiger partial charge on any atom is 0.318 e. The zero-order valence-electron chi connectivity index (χ0n) is 14.3. The molecule has 0 aromatic carbocycles. The molecule has 25 heavy (non-hydrogen) atoms. The highest BCUT2D eigenvalue weighted by molar-refractivity contribution is 5.75. The molecule has 1 aliphatic heterocycles. The Bertz CT molecular complexity index is 677. The number of hydrogen-bond acceptors (Lipinski definition) is 4. The van der Waals surface area contributed by atoms with Crippen LogP contribution < -0.4 is 10.2 Å². The van der Waals surface area contributed by atoms with Gasteiger partial charge in [0.2, 0.25) is 0 Å². The molecule has 2 amide bonds. The fourth-order valence-electron chi connectivity index (χ4n) is 3.37. The molecule has 132 valence electrons. The van der Waals surface area contributed by atoms with Crippen LogP contribution in [-0.2, 0) is 6.54 Å². The molecule has 2 aromatic heterocycles. The minimum Gasteiger partial charge on any atom is -0.467 e. The van der Waals surface area contributed by atoms with Crippen molar-refractivity contribution in [2.75, 3.05) is 18.0 Å². The predicted octanol–water partition coefficient (Wildman–Crippen LogP) is 3.02. The van der Waals surface area contributed by atoms with Gasteiger partial charge in [-0.3, -0.25) is 0 Å². The number of carbonyl (C=O) groups excluding carboxylic acids is 1. The number of amides is 2. The molecule has 1 saturated carbocycles. The van der Waals surface area contributed by atoms with E-state index in [-0.39, 0.29) is 12.1 Å². The summed E-state index contributed by atoms with van der Waals surface area (Å²) in [5.74, 6) is 1.86. The first-order valence-corrected chi connectivity index (χ1v) is 9.05. The molecular formula is C19H24N4O2. The van der Waals surface area contributed by atoms with Crippen molar-refractivity contribution in [3.63, 3.8) is 0 Å². The van der Waals surface area contributed by atoms with Gasteiger partial charge in [-0.1, -0.05) is 6.07 Å². The van der Waals surface area contributed by atoms with E-state index in [1.165, 1.54) is 0 Å². The van der Waals surface area contributed by atoms with Gasteiger partial charge in [0.15, 0.2) is 0 Å². The Balaban J connectivity index is 1.30. The summed E-state index contributed by atoms with van der Waals surface area (Å²) in [4.78, 5) is 21.3. The molecule has 4 rings (SSSR count). The van der Waals surface area contributed by atoms with Crippen molar-refractivity contribution in [1.82, 2.24) is 15.2 Å². The van der Waals surface area contributed by atoms with E-state index in [1.54, 1.807) is 6.26 Å². The largest absolute Gasteiger partial charge is 0.467 e. The van der Waals surface area contributed by atoms with Gasteiger partial charge >= 0.3 is 6.03 Å². The number of anilines is 1. The number of rotatable bonds is 5. The lowest BCUT2D eigenvalue weighted by molar-refractivity contribution is 0.181. The number of hydrogen-bond donors (Lipinski definition) is 1. The van der Waals surface area contributed by atoms with Gasteiger partial charge in [0.1, 0.15) is 11.6 Å². The van der Waals surface area contributed by atoms with Gasteiger partial charge in [0.05, 0.1) is 12.8 Å². The highest BCUT2D eigenvalue weighted by Crippen LogP contribution is 2.29. The van der Waals surface area contributed by atoms with Crippen LogP contribution in [-0.4, -0.2) is 41.1 Å². The van der Waals surface area contributed by atoms with Crippen LogP contribution in [0.1, 0.15) is 31.4 Å². The van der Waals surface area contributed by atoms with Gasteiger partial charge in [-0.05, 0) is 49.9 Å². The Labute approximate surface area is 147 Å². The summed E-state index contributed by atoms with van der Waals surface area (Å²) in [7, 11) is 0. The van der Waals surface area contributed by atoms with Crippen molar-refractivity contribution in [2.24, 2.45) is 0 Å². The Morgan fingerprint density at radius 1 is 1.20 bits per heavy atom. The lowest BCUT2D eigenvalue weighted by Crippen LogP contribution is -2.49. The molecule has 1 aliphatic carbocycles. The fraction of sp³-hybridized carbons (Fsp3) is 0.474. The molecule has 6 heteroatoms. The number of urea groups is 1. The maximum atomic E-state index is 12.7. The molecule has 1 saturated heterocycles. The second-order valence-electron chi connectivity index (χ2n) is 6.84. The number of carbonyl (C=O) groups is 1. The molecule has 2 aliphatic rings. The fourth-order valence-corrected chi connectivity index (χ4v) is 3.37. The highest BCUT2D eigenvalue weighted by Gasteiger charge is 2.34. The second-order valence-corrected chi connectivity index (χ2v) is 6.84. The van der Waals surface area contributed by atoms with Gasteiger partial charge in [0.25, 0.3) is 0 Å². The van der Waals surface area contributed by atoms with Crippen LogP contribution in [0, 0.1) is 0 Å². The van der Waals surface area contributed by atoms with Crippen LogP contribution in [0.25, 0.3) is 0 Å². The Kier molecular flexibility index (Phi) is 4.59. The molecular weight excluding hydrogens is 316 g/mol. The first-order chi connectivity index (χ1) is 12.3. The third-order valence-electron chi connectivity index (χ3n) is 4.95. The maximum absolute atomic E-state index is 12.7. The third kappa shape index (κ3) is 3.95. The second kappa shape index (κ2) is 7.17. The standard InChI is InChI=1S/C19H24N4O2/c24-19(23(16-6-7-16)14-17-4-3-13-25-17)21-15-8-11-22(12-9-15)18-5-1-2-10-20-18/h1-5,10,13,15-16H,6-9,11-12,14H2,(H,21,24). The third-order valence-corrected chi connectivity index (χ3v) is 4.95. The van der Waals surface area contributed by atoms with Crippen LogP contribution >= 0.6 is 0 Å². The van der Waals surface area contributed by atoms with Crippen molar-refractivity contribution in [3.05, 3.63) is 48.6 Å². The summed E-state index contributed by atoms with van der Waals surface area (Å²) in [5, 5.41) is 3.22. The van der Waals surface area contributed by atoms with Gasteiger partial charge in [-0.15, -0.1) is 0 Å². The molecule has 0 unspecified atom stereocenters. The predicted molar refractivity (Wildman–Crippen MR) is 95.3 cm³/mol. The molecule has 2 aromatic rings. The van der Waals surface area contributed by atoms with Crippen molar-refractivity contribution in [3.8, 4) is 0 Å². The van der Waals surface area contributed by atoms with Crippen molar-refractivity contribution in [1.29, 1.82) is 0 Å². The summed E-state index contributed by atoms with van der Waals surface area (Å²) in [6.45, 7) is 2.39. The van der Waals surface area contributed by atoms with E-state index >= 15 is 0 Å². The van der Waals surface area contributed by atoms with Crippen LogP contribution in [0.5, 0.6) is 0 Å². The number of piperidine rings is 1. The van der Waals surface area contributed by atoms with Crippen LogP contribution in [0.3, 0.4) is 0 Å². The molecule has 6 nitrogen and oxygen atoms in total. The molecule has 1 N–H and O–H groups in total. The monoisotopic (exact) mass is 340 g/mol. The summed E-state index contributed by atoms with van der Waals surface area (Å²) < 4.78 is 5.41. The zero-order valence-corrected chi connectivity index (χ0v) is 14.3. The molecule has 0 atom stereocenters. The highest BCUT2D eigenvalue weighted by atomic mass is 16.3. The van der Waals surface area contributed by atoms with E-state index in [9.17, 15) is 4.79 Å². The zero-order chi connectivity index (χ0) is 17.1. The molecule has 0 spiro atoms. The Morgan fingerprint density at radius 2 is 2.04 bits per heavy atom. The average molecular weight is 340 g/mol. The molecule has 2 fully saturated rings. The first kappa shape index (κ1) is 16.0. The van der Waals surface area contributed by atoms with Crippen molar-refractivity contribution in [2.45, 2.75) is 44.3 Å². The van der Waals surface area contributed by atoms with Crippen LogP contribution in [0.2, 0.25) is 0 Å². The van der Waals surface area contributed by atoms with E-state index in [1.807, 2.05) is 41.4 Å². The quantitative estimate of drug-likeness (QED) is 0.909. The van der Waals surface area contributed by atoms with Gasteiger partial charge < -0.3 is 19.5 Å². The van der Waals surface area contributed by atoms with Crippen LogP contribution in [0.4, 0.5) is 10.6 Å². The number of furan rings is 1.